The maximum Gasteiger partial charge on any atom is 0.403 e. The third-order valence-corrected chi connectivity index (χ3v) is 13.7. The Morgan fingerprint density at radius 2 is 1.56 bits per heavy atom. The van der Waals surface area contributed by atoms with Gasteiger partial charge in [-0.1, -0.05) is 50.4 Å². The fourth-order valence-corrected chi connectivity index (χ4v) is 9.04. The number of aldehydes is 1. The van der Waals surface area contributed by atoms with Gasteiger partial charge in [-0.3, -0.25) is 33.7 Å². The molecule has 66 heavy (non-hydrogen) atoms. The first-order valence-electron chi connectivity index (χ1n) is 23.1. The fraction of sp³-hybridized carbons (Fsp3) is 0.723. The molecule has 4 atom stereocenters. The molecule has 0 heterocycles. The number of hydrogen-bond donors (Lipinski definition) is 5. The molecule has 3 fully saturated rings. The standard InChI is InChI=1S/C33H51Cl2N5O5.C14H21F3N2O2/c1-21(2)16-25(20-41)37-30(43)27(40(7)29(42)17-22-11-12-22)10-8-9-15-36-32(45)33(3,4)38-31(44)28(39(5)6)19-23-18-24(34)13-14-26(23)35;1-3-9(10(20)18-2)19-11(21)13(14(15,16)17)7-12(8-13)5-4-6-12/h13-14,18,20-22,25,27-28H,8-12,15-17,19H2,1-7H3,(H,36,45)(H,37,43)(H,38,44);9H,3-8H2,1-2H3,(H,18,20)(H,19,21)/t25-,27?,28-;/m0./s1. The van der Waals surface area contributed by atoms with E-state index in [-0.39, 0.29) is 54.2 Å². The summed E-state index contributed by atoms with van der Waals surface area (Å²) < 4.78 is 40.2. The van der Waals surface area contributed by atoms with Crippen LogP contribution in [0.15, 0.2) is 18.2 Å². The molecule has 2 unspecified atom stereocenters. The topological polar surface area (TPSA) is 186 Å². The average Bonchev–Trinajstić information content (AvgIpc) is 4.02. The van der Waals surface area contributed by atoms with E-state index in [9.17, 15) is 46.7 Å². The summed E-state index contributed by atoms with van der Waals surface area (Å²) in [5.74, 6) is -2.01. The van der Waals surface area contributed by atoms with E-state index in [1.54, 1.807) is 65.0 Å². The fourth-order valence-electron chi connectivity index (χ4n) is 8.65. The van der Waals surface area contributed by atoms with Crippen LogP contribution < -0.4 is 26.6 Å². The summed E-state index contributed by atoms with van der Waals surface area (Å²) in [6, 6.07) is 2.27. The molecule has 14 nitrogen and oxygen atoms in total. The van der Waals surface area contributed by atoms with Crippen molar-refractivity contribution in [2.24, 2.45) is 22.7 Å². The van der Waals surface area contributed by atoms with Crippen LogP contribution in [0.5, 0.6) is 0 Å². The molecule has 0 aromatic heterocycles. The van der Waals surface area contributed by atoms with Crippen LogP contribution in [-0.2, 0) is 40.0 Å². The van der Waals surface area contributed by atoms with Crippen LogP contribution in [0.1, 0.15) is 124 Å². The van der Waals surface area contributed by atoms with E-state index in [0.29, 0.717) is 61.0 Å². The number of alkyl halides is 3. The second-order valence-electron chi connectivity index (χ2n) is 19.7. The number of likely N-dealkylation sites (N-methyl/N-ethyl adjacent to an activating group) is 3. The van der Waals surface area contributed by atoms with E-state index in [1.807, 2.05) is 13.8 Å². The van der Waals surface area contributed by atoms with Gasteiger partial charge in [0.1, 0.15) is 29.3 Å². The molecule has 0 radical (unpaired) electrons. The smallest absolute Gasteiger partial charge is 0.357 e. The van der Waals surface area contributed by atoms with Gasteiger partial charge < -0.3 is 36.3 Å². The number of carbonyl (C=O) groups is 7. The summed E-state index contributed by atoms with van der Waals surface area (Å²) in [7, 11) is 6.60. The Morgan fingerprint density at radius 1 is 0.924 bits per heavy atom. The second-order valence-corrected chi connectivity index (χ2v) is 20.5. The molecule has 372 valence electrons. The molecule has 19 heteroatoms. The quantitative estimate of drug-likeness (QED) is 0.0639. The molecule has 4 rings (SSSR count). The SMILES string of the molecule is CC(C)C[C@@H](C=O)NC(=O)C(CCCCNC(=O)C(C)(C)NC(=O)[C@H](Cc1cc(Cl)ccc1Cl)N(C)C)N(C)C(=O)CC1CC1.CCC(NC(=O)C1(C(F)(F)F)CC2(CCC2)C1)C(=O)NC. The third-order valence-electron chi connectivity index (χ3n) is 13.1. The van der Waals surface area contributed by atoms with Gasteiger partial charge in [0, 0.05) is 37.1 Å². The van der Waals surface area contributed by atoms with Gasteiger partial charge in [0.25, 0.3) is 0 Å². The zero-order valence-corrected chi connectivity index (χ0v) is 41.5. The highest BCUT2D eigenvalue weighted by atomic mass is 35.5. The largest absolute Gasteiger partial charge is 0.403 e. The number of rotatable bonds is 23. The van der Waals surface area contributed by atoms with E-state index in [2.05, 4.69) is 26.6 Å². The van der Waals surface area contributed by atoms with Crippen molar-refractivity contribution in [3.05, 3.63) is 33.8 Å². The van der Waals surface area contributed by atoms with Crippen LogP contribution in [0.3, 0.4) is 0 Å². The molecule has 3 aliphatic carbocycles. The third kappa shape index (κ3) is 15.5. The minimum atomic E-state index is -4.57. The van der Waals surface area contributed by atoms with Crippen molar-refractivity contribution in [3.8, 4) is 0 Å². The van der Waals surface area contributed by atoms with Gasteiger partial charge >= 0.3 is 6.18 Å². The molecular formula is C47H72Cl2F3N7O7. The van der Waals surface area contributed by atoms with Crippen molar-refractivity contribution in [2.75, 3.05) is 34.7 Å². The molecule has 1 aromatic rings. The summed E-state index contributed by atoms with van der Waals surface area (Å²) in [6.07, 6.45) is 3.43. The van der Waals surface area contributed by atoms with Gasteiger partial charge in [-0.2, -0.15) is 13.2 Å². The van der Waals surface area contributed by atoms with E-state index in [0.717, 1.165) is 44.0 Å². The van der Waals surface area contributed by atoms with Crippen molar-refractivity contribution < 1.29 is 46.7 Å². The van der Waals surface area contributed by atoms with Crippen molar-refractivity contribution >= 4 is 64.9 Å². The molecule has 1 aromatic carbocycles. The highest BCUT2D eigenvalue weighted by Crippen LogP contribution is 2.69. The van der Waals surface area contributed by atoms with Gasteiger partial charge in [0.2, 0.25) is 35.4 Å². The highest BCUT2D eigenvalue weighted by Gasteiger charge is 2.72. The van der Waals surface area contributed by atoms with Gasteiger partial charge in [-0.05, 0) is 146 Å². The minimum Gasteiger partial charge on any atom is -0.357 e. The average molecular weight is 975 g/mol. The van der Waals surface area contributed by atoms with Crippen LogP contribution in [0.2, 0.25) is 10.0 Å². The molecule has 0 bridgehead atoms. The van der Waals surface area contributed by atoms with Crippen LogP contribution in [0, 0.1) is 22.7 Å². The Hall–Kier alpha value is -3.96. The summed E-state index contributed by atoms with van der Waals surface area (Å²) in [4.78, 5) is 91.0. The molecule has 3 saturated carbocycles. The Bertz CT molecular complexity index is 1870. The molecule has 5 N–H and O–H groups in total. The lowest BCUT2D eigenvalue weighted by atomic mass is 9.44. The summed E-state index contributed by atoms with van der Waals surface area (Å²) in [5, 5.41) is 14.2. The first-order valence-corrected chi connectivity index (χ1v) is 23.8. The summed E-state index contributed by atoms with van der Waals surface area (Å²) in [5.41, 5.74) is -3.06. The lowest BCUT2D eigenvalue weighted by molar-refractivity contribution is -0.281. The lowest BCUT2D eigenvalue weighted by Gasteiger charge is -2.60. The Labute approximate surface area is 398 Å². The predicted octanol–water partition coefficient (Wildman–Crippen LogP) is 6.14. The van der Waals surface area contributed by atoms with Crippen LogP contribution >= 0.6 is 23.2 Å². The predicted molar refractivity (Wildman–Crippen MR) is 248 cm³/mol. The number of halogens is 5. The number of unbranched alkanes of at least 4 members (excludes halogenated alkanes) is 1. The molecule has 0 aliphatic heterocycles. The van der Waals surface area contributed by atoms with Crippen LogP contribution in [0.25, 0.3) is 0 Å². The van der Waals surface area contributed by atoms with Crippen molar-refractivity contribution in [1.29, 1.82) is 0 Å². The maximum atomic E-state index is 13.4. The molecule has 3 aliphatic rings. The van der Waals surface area contributed by atoms with Gasteiger partial charge in [0.05, 0.1) is 12.1 Å². The Morgan fingerprint density at radius 3 is 2.06 bits per heavy atom. The van der Waals surface area contributed by atoms with Gasteiger partial charge in [0.15, 0.2) is 0 Å². The molecule has 6 amide bonds. The highest BCUT2D eigenvalue weighted by molar-refractivity contribution is 6.33. The Kier molecular flexibility index (Phi) is 20.8. The molecular weight excluding hydrogens is 902 g/mol. The monoisotopic (exact) mass is 973 g/mol. The molecule has 0 saturated heterocycles. The summed E-state index contributed by atoms with van der Waals surface area (Å²) >= 11 is 12.5. The Balaban J connectivity index is 0.000000455. The normalized spacial score (nSPS) is 17.9. The van der Waals surface area contributed by atoms with E-state index in [1.165, 1.54) is 11.9 Å². The first kappa shape index (κ1) is 56.4. The zero-order chi connectivity index (χ0) is 49.8. The van der Waals surface area contributed by atoms with Crippen LogP contribution in [-0.4, -0.2) is 122 Å². The maximum absolute atomic E-state index is 13.4. The number of carbonyl (C=O) groups excluding carboxylic acids is 7. The number of nitrogens with one attached hydrogen (secondary N) is 5. The first-order chi connectivity index (χ1) is 30.7. The molecule has 1 spiro atoms. The number of amides is 6. The van der Waals surface area contributed by atoms with Crippen molar-refractivity contribution in [1.82, 2.24) is 36.4 Å². The van der Waals surface area contributed by atoms with Crippen LogP contribution in [0.4, 0.5) is 13.2 Å². The van der Waals surface area contributed by atoms with E-state index in [4.69, 9.17) is 23.2 Å². The van der Waals surface area contributed by atoms with E-state index >= 15 is 0 Å². The van der Waals surface area contributed by atoms with Crippen molar-refractivity contribution in [2.45, 2.75) is 160 Å². The van der Waals surface area contributed by atoms with Crippen molar-refractivity contribution in [3.63, 3.8) is 0 Å². The number of hydrogen-bond acceptors (Lipinski definition) is 8. The second kappa shape index (κ2) is 24.4. The summed E-state index contributed by atoms with van der Waals surface area (Å²) in [6.45, 7) is 9.20. The lowest BCUT2D eigenvalue weighted by Crippen LogP contribution is -2.65. The van der Waals surface area contributed by atoms with Gasteiger partial charge in [-0.15, -0.1) is 0 Å². The zero-order valence-electron chi connectivity index (χ0n) is 40.0. The minimum absolute atomic E-state index is 0.0800. The number of benzene rings is 1. The number of nitrogens with zero attached hydrogens (tertiary/aromatic N) is 2. The van der Waals surface area contributed by atoms with E-state index < -0.39 is 53.1 Å². The van der Waals surface area contributed by atoms with Gasteiger partial charge in [-0.25, -0.2) is 0 Å².